The maximum atomic E-state index is 12.7. The van der Waals surface area contributed by atoms with Gasteiger partial charge in [-0.15, -0.1) is 0 Å². The first-order valence-electron chi connectivity index (χ1n) is 7.87. The molecule has 2 fully saturated rings. The number of aryl methyl sites for hydroxylation is 1. The molecule has 0 spiro atoms. The van der Waals surface area contributed by atoms with Gasteiger partial charge < -0.3 is 10.1 Å². The minimum Gasteiger partial charge on any atom is -0.384 e. The molecule has 2 aliphatic carbocycles. The highest BCUT2D eigenvalue weighted by Crippen LogP contribution is 2.44. The molecule has 0 aliphatic heterocycles. The molecule has 2 aliphatic rings. The monoisotopic (exact) mass is 288 g/mol. The molecule has 0 unspecified atom stereocenters. The van der Waals surface area contributed by atoms with Crippen molar-refractivity contribution in [3.8, 4) is 0 Å². The molecule has 4 nitrogen and oxygen atoms in total. The summed E-state index contributed by atoms with van der Waals surface area (Å²) in [7, 11) is 1.67. The summed E-state index contributed by atoms with van der Waals surface area (Å²) in [6, 6.07) is 4.15. The maximum Gasteiger partial charge on any atom is 0.229 e. The zero-order valence-corrected chi connectivity index (χ0v) is 12.9. The molecule has 1 N–H and O–H groups in total. The number of rotatable bonds is 6. The van der Waals surface area contributed by atoms with Crippen LogP contribution in [0.25, 0.3) is 0 Å². The van der Waals surface area contributed by atoms with Crippen LogP contribution in [-0.2, 0) is 9.53 Å². The normalized spacial score (nSPS) is 21.4. The van der Waals surface area contributed by atoms with Gasteiger partial charge >= 0.3 is 0 Å². The van der Waals surface area contributed by atoms with Crippen LogP contribution in [0.5, 0.6) is 0 Å². The first kappa shape index (κ1) is 14.5. The Morgan fingerprint density at radius 3 is 2.81 bits per heavy atom. The molecule has 1 amide bonds. The Bertz CT molecular complexity index is 521. The quantitative estimate of drug-likeness (QED) is 0.875. The summed E-state index contributed by atoms with van der Waals surface area (Å²) >= 11 is 0. The highest BCUT2D eigenvalue weighted by atomic mass is 16.5. The van der Waals surface area contributed by atoms with E-state index >= 15 is 0 Å². The van der Waals surface area contributed by atoms with Crippen molar-refractivity contribution in [2.75, 3.05) is 13.7 Å². The van der Waals surface area contributed by atoms with Crippen LogP contribution in [0.4, 0.5) is 0 Å². The van der Waals surface area contributed by atoms with E-state index in [1.54, 1.807) is 7.11 Å². The van der Waals surface area contributed by atoms with E-state index in [2.05, 4.69) is 23.3 Å². The van der Waals surface area contributed by atoms with E-state index in [0.717, 1.165) is 25.0 Å². The van der Waals surface area contributed by atoms with Crippen LogP contribution in [0, 0.1) is 18.3 Å². The van der Waals surface area contributed by atoms with Crippen molar-refractivity contribution in [1.82, 2.24) is 10.3 Å². The Kier molecular flexibility index (Phi) is 3.98. The number of carbonyl (C=O) groups is 1. The molecular weight excluding hydrogens is 264 g/mol. The second-order valence-electron chi connectivity index (χ2n) is 6.61. The fourth-order valence-corrected chi connectivity index (χ4v) is 3.20. The van der Waals surface area contributed by atoms with Gasteiger partial charge in [0.15, 0.2) is 0 Å². The van der Waals surface area contributed by atoms with E-state index in [1.807, 2.05) is 12.3 Å². The van der Waals surface area contributed by atoms with Crippen LogP contribution in [0.3, 0.4) is 0 Å². The molecule has 1 aromatic heterocycles. The minimum absolute atomic E-state index is 0.0618. The number of carbonyl (C=O) groups excluding carboxylic acids is 1. The van der Waals surface area contributed by atoms with E-state index in [-0.39, 0.29) is 17.4 Å². The van der Waals surface area contributed by atoms with Crippen LogP contribution in [-0.4, -0.2) is 24.6 Å². The molecule has 0 aromatic carbocycles. The largest absolute Gasteiger partial charge is 0.384 e. The van der Waals surface area contributed by atoms with Gasteiger partial charge in [-0.25, -0.2) is 0 Å². The second kappa shape index (κ2) is 5.76. The SMILES string of the molecule is COCC1(C(=O)N[C@H](c2cc(C)ccn2)C2CC2)CCC1. The highest BCUT2D eigenvalue weighted by molar-refractivity contribution is 5.84. The van der Waals surface area contributed by atoms with Crippen LogP contribution < -0.4 is 5.32 Å². The van der Waals surface area contributed by atoms with Crippen LogP contribution in [0.15, 0.2) is 18.3 Å². The molecule has 0 saturated heterocycles. The van der Waals surface area contributed by atoms with Gasteiger partial charge in [-0.2, -0.15) is 0 Å². The number of aromatic nitrogens is 1. The average Bonchev–Trinajstić information content (AvgIpc) is 3.24. The summed E-state index contributed by atoms with van der Waals surface area (Å²) in [5, 5.41) is 3.27. The fraction of sp³-hybridized carbons (Fsp3) is 0.647. The number of methoxy groups -OCH3 is 1. The smallest absolute Gasteiger partial charge is 0.229 e. The second-order valence-corrected chi connectivity index (χ2v) is 6.61. The van der Waals surface area contributed by atoms with Gasteiger partial charge in [0.25, 0.3) is 0 Å². The van der Waals surface area contributed by atoms with Crippen molar-refractivity contribution in [3.05, 3.63) is 29.6 Å². The lowest BCUT2D eigenvalue weighted by Gasteiger charge is -2.40. The molecule has 114 valence electrons. The lowest BCUT2D eigenvalue weighted by atomic mass is 9.68. The maximum absolute atomic E-state index is 12.7. The summed E-state index contributed by atoms with van der Waals surface area (Å²) in [5.74, 6) is 0.693. The summed E-state index contributed by atoms with van der Waals surface area (Å²) in [6.07, 6.45) is 7.18. The number of hydrogen-bond donors (Lipinski definition) is 1. The number of nitrogens with one attached hydrogen (secondary N) is 1. The topological polar surface area (TPSA) is 51.2 Å². The first-order chi connectivity index (χ1) is 10.1. The van der Waals surface area contributed by atoms with Crippen LogP contribution in [0.1, 0.15) is 49.4 Å². The van der Waals surface area contributed by atoms with Gasteiger partial charge in [-0.3, -0.25) is 9.78 Å². The Hall–Kier alpha value is -1.42. The summed E-state index contributed by atoms with van der Waals surface area (Å²) < 4.78 is 5.28. The third-order valence-corrected chi connectivity index (χ3v) is 4.85. The fourth-order valence-electron chi connectivity index (χ4n) is 3.20. The number of nitrogens with zero attached hydrogens (tertiary/aromatic N) is 1. The third-order valence-electron chi connectivity index (χ3n) is 4.85. The molecule has 0 bridgehead atoms. The van der Waals surface area contributed by atoms with Crippen LogP contribution >= 0.6 is 0 Å². The molecule has 0 radical (unpaired) electrons. The molecule has 2 saturated carbocycles. The lowest BCUT2D eigenvalue weighted by Crippen LogP contribution is -2.49. The lowest BCUT2D eigenvalue weighted by molar-refractivity contribution is -0.141. The molecule has 4 heteroatoms. The minimum atomic E-state index is -0.300. The van der Waals surface area contributed by atoms with Crippen molar-refractivity contribution in [3.63, 3.8) is 0 Å². The first-order valence-corrected chi connectivity index (χ1v) is 7.87. The molecule has 3 rings (SSSR count). The predicted octanol–water partition coefficient (Wildman–Crippen LogP) is 2.77. The Labute approximate surface area is 126 Å². The highest BCUT2D eigenvalue weighted by Gasteiger charge is 2.46. The van der Waals surface area contributed by atoms with Gasteiger partial charge in [0.1, 0.15) is 0 Å². The Morgan fingerprint density at radius 2 is 2.29 bits per heavy atom. The van der Waals surface area contributed by atoms with Gasteiger partial charge in [-0.1, -0.05) is 6.42 Å². The van der Waals surface area contributed by atoms with Crippen molar-refractivity contribution in [1.29, 1.82) is 0 Å². The summed E-state index contributed by atoms with van der Waals surface area (Å²) in [6.45, 7) is 2.59. The van der Waals surface area contributed by atoms with Crippen molar-refractivity contribution < 1.29 is 9.53 Å². The van der Waals surface area contributed by atoms with Gasteiger partial charge in [0.2, 0.25) is 5.91 Å². The number of pyridine rings is 1. The van der Waals surface area contributed by atoms with Gasteiger partial charge in [0.05, 0.1) is 23.8 Å². The summed E-state index contributed by atoms with van der Waals surface area (Å²) in [4.78, 5) is 17.2. The van der Waals surface area contributed by atoms with E-state index in [1.165, 1.54) is 18.4 Å². The van der Waals surface area contributed by atoms with Gasteiger partial charge in [-0.05, 0) is 56.2 Å². The van der Waals surface area contributed by atoms with E-state index in [0.29, 0.717) is 12.5 Å². The standard InChI is InChI=1S/C17H24N2O2/c1-12-6-9-18-14(10-12)15(13-4-5-13)19-16(20)17(11-21-2)7-3-8-17/h6,9-10,13,15H,3-5,7-8,11H2,1-2H3,(H,19,20)/t15-/m0/s1. The third kappa shape index (κ3) is 2.95. The molecule has 1 atom stereocenters. The molecule has 21 heavy (non-hydrogen) atoms. The van der Waals surface area contributed by atoms with Crippen LogP contribution in [0.2, 0.25) is 0 Å². The summed E-state index contributed by atoms with van der Waals surface area (Å²) in [5.41, 5.74) is 1.89. The van der Waals surface area contributed by atoms with E-state index in [9.17, 15) is 4.79 Å². The molecule has 1 heterocycles. The van der Waals surface area contributed by atoms with Gasteiger partial charge in [0, 0.05) is 13.3 Å². The predicted molar refractivity (Wildman–Crippen MR) is 80.7 cm³/mol. The molecule has 1 aromatic rings. The number of ether oxygens (including phenoxy) is 1. The Balaban J connectivity index is 1.75. The van der Waals surface area contributed by atoms with Crippen molar-refractivity contribution in [2.24, 2.45) is 11.3 Å². The van der Waals surface area contributed by atoms with Crippen molar-refractivity contribution in [2.45, 2.75) is 45.1 Å². The molecular formula is C17H24N2O2. The average molecular weight is 288 g/mol. The Morgan fingerprint density at radius 1 is 1.52 bits per heavy atom. The zero-order chi connectivity index (χ0) is 14.9. The zero-order valence-electron chi connectivity index (χ0n) is 12.9. The van der Waals surface area contributed by atoms with E-state index < -0.39 is 0 Å². The number of hydrogen-bond acceptors (Lipinski definition) is 3. The van der Waals surface area contributed by atoms with E-state index in [4.69, 9.17) is 4.74 Å². The van der Waals surface area contributed by atoms with Crippen molar-refractivity contribution >= 4 is 5.91 Å². The number of amides is 1.